The van der Waals surface area contributed by atoms with Gasteiger partial charge in [-0.15, -0.1) is 11.3 Å². The fourth-order valence-electron chi connectivity index (χ4n) is 2.19. The van der Waals surface area contributed by atoms with Crippen molar-refractivity contribution in [3.63, 3.8) is 0 Å². The van der Waals surface area contributed by atoms with Gasteiger partial charge in [0.15, 0.2) is 0 Å². The molecule has 1 heterocycles. The Morgan fingerprint density at radius 3 is 2.52 bits per heavy atom. The molecule has 0 aliphatic heterocycles. The maximum atomic E-state index is 12.6. The first-order valence-electron chi connectivity index (χ1n) is 7.46. The van der Waals surface area contributed by atoms with Gasteiger partial charge in [-0.05, 0) is 45.0 Å². The molecule has 0 saturated carbocycles. The summed E-state index contributed by atoms with van der Waals surface area (Å²) in [6, 6.07) is 7.57. The Balaban J connectivity index is 2.18. The number of carbonyl (C=O) groups is 1. The van der Waals surface area contributed by atoms with Gasteiger partial charge < -0.3 is 14.7 Å². The third-order valence-corrected chi connectivity index (χ3v) is 4.33. The Hall–Kier alpha value is -1.92. The summed E-state index contributed by atoms with van der Waals surface area (Å²) in [5.41, 5.74) is 0.0233. The standard InChI is InChI=1S/C17H22N2O3S/c1-5-19(11-17(2,3)21)16(20)14-10-18-15(23-14)12-6-8-13(22-4)9-7-12/h6-10,21H,5,11H2,1-4H3. The van der Waals surface area contributed by atoms with Gasteiger partial charge in [-0.1, -0.05) is 0 Å². The number of rotatable bonds is 6. The summed E-state index contributed by atoms with van der Waals surface area (Å²) >= 11 is 1.35. The van der Waals surface area contributed by atoms with Crippen molar-refractivity contribution in [3.8, 4) is 16.3 Å². The Morgan fingerprint density at radius 1 is 1.35 bits per heavy atom. The van der Waals surface area contributed by atoms with Crippen LogP contribution in [-0.4, -0.2) is 46.7 Å². The summed E-state index contributed by atoms with van der Waals surface area (Å²) < 4.78 is 5.14. The average Bonchev–Trinajstić information content (AvgIpc) is 3.01. The normalized spacial score (nSPS) is 11.3. The zero-order valence-electron chi connectivity index (χ0n) is 13.9. The number of carbonyl (C=O) groups excluding carboxylic acids is 1. The highest BCUT2D eigenvalue weighted by molar-refractivity contribution is 7.16. The van der Waals surface area contributed by atoms with E-state index in [1.54, 1.807) is 32.1 Å². The van der Waals surface area contributed by atoms with E-state index in [1.165, 1.54) is 11.3 Å². The van der Waals surface area contributed by atoms with Crippen molar-refractivity contribution in [1.29, 1.82) is 0 Å². The van der Waals surface area contributed by atoms with Crippen LogP contribution in [-0.2, 0) is 0 Å². The lowest BCUT2D eigenvalue weighted by Crippen LogP contribution is -2.41. The van der Waals surface area contributed by atoms with Gasteiger partial charge in [0.05, 0.1) is 18.9 Å². The lowest BCUT2D eigenvalue weighted by atomic mass is 10.1. The highest BCUT2D eigenvalue weighted by Gasteiger charge is 2.23. The van der Waals surface area contributed by atoms with E-state index in [1.807, 2.05) is 31.2 Å². The fourth-order valence-corrected chi connectivity index (χ4v) is 3.08. The number of hydrogen-bond donors (Lipinski definition) is 1. The van der Waals surface area contributed by atoms with Gasteiger partial charge in [0, 0.05) is 18.7 Å². The van der Waals surface area contributed by atoms with Crippen molar-refractivity contribution < 1.29 is 14.6 Å². The van der Waals surface area contributed by atoms with Gasteiger partial charge in [0.25, 0.3) is 5.91 Å². The summed E-state index contributed by atoms with van der Waals surface area (Å²) in [6.07, 6.45) is 1.60. The topological polar surface area (TPSA) is 62.7 Å². The van der Waals surface area contributed by atoms with Crippen molar-refractivity contribution >= 4 is 17.2 Å². The molecule has 23 heavy (non-hydrogen) atoms. The summed E-state index contributed by atoms with van der Waals surface area (Å²) in [5, 5.41) is 10.7. The van der Waals surface area contributed by atoms with E-state index in [0.717, 1.165) is 16.3 Å². The second-order valence-electron chi connectivity index (χ2n) is 5.89. The molecule has 6 heteroatoms. The van der Waals surface area contributed by atoms with Gasteiger partial charge in [0.2, 0.25) is 0 Å². The van der Waals surface area contributed by atoms with Crippen molar-refractivity contribution in [2.45, 2.75) is 26.4 Å². The maximum Gasteiger partial charge on any atom is 0.265 e. The van der Waals surface area contributed by atoms with E-state index in [0.29, 0.717) is 11.4 Å². The molecule has 2 rings (SSSR count). The van der Waals surface area contributed by atoms with E-state index in [4.69, 9.17) is 4.74 Å². The predicted octanol–water partition coefficient (Wildman–Crippen LogP) is 3.05. The Bertz CT molecular complexity index is 659. The number of aliphatic hydroxyl groups is 1. The minimum atomic E-state index is -0.921. The molecule has 1 aromatic carbocycles. The summed E-state index contributed by atoms with van der Waals surface area (Å²) in [6.45, 7) is 6.11. The van der Waals surface area contributed by atoms with Crippen LogP contribution in [0.25, 0.3) is 10.6 Å². The molecule has 0 aliphatic rings. The van der Waals surface area contributed by atoms with Crippen LogP contribution in [0.4, 0.5) is 0 Å². The first kappa shape index (κ1) is 17.4. The second kappa shape index (κ2) is 7.10. The molecule has 1 aromatic heterocycles. The van der Waals surface area contributed by atoms with Gasteiger partial charge >= 0.3 is 0 Å². The lowest BCUT2D eigenvalue weighted by Gasteiger charge is -2.27. The van der Waals surface area contributed by atoms with Crippen molar-refractivity contribution in [2.75, 3.05) is 20.2 Å². The Morgan fingerprint density at radius 2 is 2.00 bits per heavy atom. The zero-order valence-corrected chi connectivity index (χ0v) is 14.7. The molecule has 1 N–H and O–H groups in total. The highest BCUT2D eigenvalue weighted by Crippen LogP contribution is 2.27. The van der Waals surface area contributed by atoms with Crippen LogP contribution in [0.15, 0.2) is 30.5 Å². The molecule has 0 unspecified atom stereocenters. The molecule has 0 saturated heterocycles. The molecule has 124 valence electrons. The molecule has 0 radical (unpaired) electrons. The van der Waals surface area contributed by atoms with E-state index < -0.39 is 5.60 Å². The molecular formula is C17H22N2O3S. The number of thiazole rings is 1. The monoisotopic (exact) mass is 334 g/mol. The van der Waals surface area contributed by atoms with E-state index in [-0.39, 0.29) is 12.5 Å². The van der Waals surface area contributed by atoms with E-state index >= 15 is 0 Å². The van der Waals surface area contributed by atoms with Gasteiger partial charge in [-0.3, -0.25) is 4.79 Å². The van der Waals surface area contributed by atoms with Crippen molar-refractivity contribution in [1.82, 2.24) is 9.88 Å². The number of nitrogens with zero attached hydrogens (tertiary/aromatic N) is 2. The minimum Gasteiger partial charge on any atom is -0.497 e. The summed E-state index contributed by atoms with van der Waals surface area (Å²) in [5.74, 6) is 0.677. The Kier molecular flexibility index (Phi) is 5.38. The molecule has 0 atom stereocenters. The molecule has 0 spiro atoms. The molecule has 5 nitrogen and oxygen atoms in total. The van der Waals surface area contributed by atoms with E-state index in [9.17, 15) is 9.90 Å². The van der Waals surface area contributed by atoms with Crippen LogP contribution >= 0.6 is 11.3 Å². The first-order chi connectivity index (χ1) is 10.8. The van der Waals surface area contributed by atoms with Gasteiger partial charge in [0.1, 0.15) is 15.6 Å². The quantitative estimate of drug-likeness (QED) is 0.882. The SMILES string of the molecule is CCN(CC(C)(C)O)C(=O)c1cnc(-c2ccc(OC)cc2)s1. The van der Waals surface area contributed by atoms with Crippen LogP contribution in [0, 0.1) is 0 Å². The molecule has 0 aliphatic carbocycles. The summed E-state index contributed by atoms with van der Waals surface area (Å²) in [7, 11) is 1.62. The lowest BCUT2D eigenvalue weighted by molar-refractivity contribution is 0.0317. The van der Waals surface area contributed by atoms with Crippen LogP contribution in [0.1, 0.15) is 30.4 Å². The zero-order chi connectivity index (χ0) is 17.0. The van der Waals surface area contributed by atoms with Crippen molar-refractivity contribution in [3.05, 3.63) is 35.3 Å². The average molecular weight is 334 g/mol. The largest absolute Gasteiger partial charge is 0.497 e. The third kappa shape index (κ3) is 4.53. The van der Waals surface area contributed by atoms with Crippen LogP contribution in [0.5, 0.6) is 5.75 Å². The third-order valence-electron chi connectivity index (χ3n) is 3.30. The van der Waals surface area contributed by atoms with Crippen molar-refractivity contribution in [2.24, 2.45) is 0 Å². The number of likely N-dealkylation sites (N-methyl/N-ethyl adjacent to an activating group) is 1. The van der Waals surface area contributed by atoms with Gasteiger partial charge in [-0.2, -0.15) is 0 Å². The van der Waals surface area contributed by atoms with Crippen LogP contribution in [0.2, 0.25) is 0 Å². The fraction of sp³-hybridized carbons (Fsp3) is 0.412. The predicted molar refractivity (Wildman–Crippen MR) is 92.0 cm³/mol. The number of benzene rings is 1. The minimum absolute atomic E-state index is 0.105. The first-order valence-corrected chi connectivity index (χ1v) is 8.27. The maximum absolute atomic E-state index is 12.6. The number of aromatic nitrogens is 1. The van der Waals surface area contributed by atoms with E-state index in [2.05, 4.69) is 4.98 Å². The van der Waals surface area contributed by atoms with Crippen LogP contribution in [0.3, 0.4) is 0 Å². The second-order valence-corrected chi connectivity index (χ2v) is 6.92. The van der Waals surface area contributed by atoms with Gasteiger partial charge in [-0.25, -0.2) is 4.98 Å². The molecule has 1 amide bonds. The highest BCUT2D eigenvalue weighted by atomic mass is 32.1. The number of hydrogen-bond acceptors (Lipinski definition) is 5. The molecule has 0 fully saturated rings. The Labute approximate surface area is 140 Å². The molecular weight excluding hydrogens is 312 g/mol. The smallest absolute Gasteiger partial charge is 0.265 e. The number of amides is 1. The van der Waals surface area contributed by atoms with Crippen LogP contribution < -0.4 is 4.74 Å². The molecule has 2 aromatic rings. The summed E-state index contributed by atoms with van der Waals surface area (Å²) in [4.78, 5) is 19.1. The number of ether oxygens (including phenoxy) is 1. The molecule has 0 bridgehead atoms. The number of methoxy groups -OCH3 is 1.